The van der Waals surface area contributed by atoms with Crippen LogP contribution in [0.25, 0.3) is 0 Å². The molecule has 0 saturated heterocycles. The molecule has 2 aliphatic carbocycles. The van der Waals surface area contributed by atoms with Crippen LogP contribution in [0.3, 0.4) is 0 Å². The summed E-state index contributed by atoms with van der Waals surface area (Å²) >= 11 is 0. The van der Waals surface area contributed by atoms with E-state index in [2.05, 4.69) is 5.32 Å². The Labute approximate surface area is 141 Å². The van der Waals surface area contributed by atoms with Crippen LogP contribution in [0.15, 0.2) is 24.3 Å². The second kappa shape index (κ2) is 7.32. The highest BCUT2D eigenvalue weighted by atomic mass is 19.1. The Morgan fingerprint density at radius 2 is 1.58 bits per heavy atom. The molecule has 2 aliphatic rings. The Kier molecular flexibility index (Phi) is 5.17. The van der Waals surface area contributed by atoms with E-state index in [-0.39, 0.29) is 29.6 Å². The minimum Gasteiger partial charge on any atom is -0.481 e. The van der Waals surface area contributed by atoms with E-state index in [0.717, 1.165) is 24.8 Å². The number of carbonyl (C=O) groups is 2. The van der Waals surface area contributed by atoms with E-state index in [0.29, 0.717) is 31.6 Å². The molecule has 2 atom stereocenters. The molecule has 24 heavy (non-hydrogen) atoms. The molecule has 0 radical (unpaired) electrons. The molecule has 3 rings (SSSR count). The second-order valence-electron chi connectivity index (χ2n) is 7.15. The van der Waals surface area contributed by atoms with Gasteiger partial charge in [0.15, 0.2) is 0 Å². The first-order chi connectivity index (χ1) is 11.5. The summed E-state index contributed by atoms with van der Waals surface area (Å²) < 4.78 is 13.0. The molecule has 2 N–H and O–H groups in total. The number of rotatable bonds is 4. The molecular weight excluding hydrogens is 309 g/mol. The highest BCUT2D eigenvalue weighted by Gasteiger charge is 2.32. The fraction of sp³-hybridized carbons (Fsp3) is 0.579. The third kappa shape index (κ3) is 3.94. The summed E-state index contributed by atoms with van der Waals surface area (Å²) in [7, 11) is 0. The number of carboxylic acids is 1. The molecule has 1 aromatic rings. The summed E-state index contributed by atoms with van der Waals surface area (Å²) in [5.41, 5.74) is 1.13. The lowest BCUT2D eigenvalue weighted by Gasteiger charge is -2.26. The van der Waals surface area contributed by atoms with E-state index >= 15 is 0 Å². The van der Waals surface area contributed by atoms with Crippen molar-refractivity contribution in [1.82, 2.24) is 5.32 Å². The average molecular weight is 333 g/mol. The first kappa shape index (κ1) is 16.9. The molecule has 130 valence electrons. The second-order valence-corrected chi connectivity index (χ2v) is 7.15. The molecule has 2 saturated carbocycles. The van der Waals surface area contributed by atoms with E-state index in [1.165, 1.54) is 12.1 Å². The molecule has 0 heterocycles. The van der Waals surface area contributed by atoms with Gasteiger partial charge in [-0.05, 0) is 68.6 Å². The van der Waals surface area contributed by atoms with Gasteiger partial charge in [-0.15, -0.1) is 0 Å². The normalized spacial score (nSPS) is 30.0. The van der Waals surface area contributed by atoms with Crippen molar-refractivity contribution in [3.63, 3.8) is 0 Å². The Morgan fingerprint density at radius 1 is 0.958 bits per heavy atom. The minimum atomic E-state index is -0.744. The summed E-state index contributed by atoms with van der Waals surface area (Å²) in [6, 6.07) is 6.81. The topological polar surface area (TPSA) is 66.4 Å². The average Bonchev–Trinajstić information content (AvgIpc) is 3.04. The SMILES string of the molecule is O=C(O)C1CCC(C(=O)NC2CCC(c3ccc(F)cc3)C2)CC1. The van der Waals surface area contributed by atoms with Crippen molar-refractivity contribution < 1.29 is 19.1 Å². The van der Waals surface area contributed by atoms with E-state index in [1.54, 1.807) is 0 Å². The number of amides is 1. The van der Waals surface area contributed by atoms with Gasteiger partial charge in [0.1, 0.15) is 5.82 Å². The molecule has 5 heteroatoms. The lowest BCUT2D eigenvalue weighted by Crippen LogP contribution is -2.39. The molecule has 1 aromatic carbocycles. The maximum absolute atomic E-state index is 13.0. The number of benzene rings is 1. The van der Waals surface area contributed by atoms with Crippen molar-refractivity contribution in [2.45, 2.75) is 56.9 Å². The maximum atomic E-state index is 13.0. The zero-order chi connectivity index (χ0) is 17.1. The van der Waals surface area contributed by atoms with Gasteiger partial charge in [0.2, 0.25) is 5.91 Å². The summed E-state index contributed by atoms with van der Waals surface area (Å²) in [5.74, 6) is -0.860. The highest BCUT2D eigenvalue weighted by molar-refractivity contribution is 5.79. The summed E-state index contributed by atoms with van der Waals surface area (Å²) in [6.45, 7) is 0. The van der Waals surface area contributed by atoms with Crippen LogP contribution in [0.1, 0.15) is 56.4 Å². The monoisotopic (exact) mass is 333 g/mol. The van der Waals surface area contributed by atoms with Gasteiger partial charge in [0.05, 0.1) is 5.92 Å². The Balaban J connectivity index is 1.48. The van der Waals surface area contributed by atoms with Crippen LogP contribution in [0.5, 0.6) is 0 Å². The number of carboxylic acid groups (broad SMARTS) is 1. The number of carbonyl (C=O) groups excluding carboxylic acids is 1. The number of hydrogen-bond acceptors (Lipinski definition) is 2. The van der Waals surface area contributed by atoms with Gasteiger partial charge < -0.3 is 10.4 Å². The number of hydrogen-bond donors (Lipinski definition) is 2. The third-order valence-electron chi connectivity index (χ3n) is 5.57. The van der Waals surface area contributed by atoms with Crippen molar-refractivity contribution in [1.29, 1.82) is 0 Å². The fourth-order valence-electron chi connectivity index (χ4n) is 4.07. The van der Waals surface area contributed by atoms with Crippen LogP contribution in [-0.2, 0) is 9.59 Å². The number of aliphatic carboxylic acids is 1. The van der Waals surface area contributed by atoms with Crippen LogP contribution in [0.2, 0.25) is 0 Å². The van der Waals surface area contributed by atoms with Crippen LogP contribution < -0.4 is 5.32 Å². The summed E-state index contributed by atoms with van der Waals surface area (Å²) in [4.78, 5) is 23.4. The molecular formula is C19H24FNO3. The first-order valence-corrected chi connectivity index (χ1v) is 8.81. The lowest BCUT2D eigenvalue weighted by atomic mass is 9.81. The Hall–Kier alpha value is -1.91. The lowest BCUT2D eigenvalue weighted by molar-refractivity contribution is -0.144. The van der Waals surface area contributed by atoms with E-state index < -0.39 is 5.97 Å². The van der Waals surface area contributed by atoms with Crippen molar-refractivity contribution in [3.05, 3.63) is 35.6 Å². The van der Waals surface area contributed by atoms with Gasteiger partial charge in [-0.1, -0.05) is 12.1 Å². The zero-order valence-corrected chi connectivity index (χ0v) is 13.7. The van der Waals surface area contributed by atoms with Gasteiger partial charge in [-0.3, -0.25) is 9.59 Å². The fourth-order valence-corrected chi connectivity index (χ4v) is 4.07. The van der Waals surface area contributed by atoms with Crippen LogP contribution in [-0.4, -0.2) is 23.0 Å². The van der Waals surface area contributed by atoms with Gasteiger partial charge >= 0.3 is 5.97 Å². The van der Waals surface area contributed by atoms with Gasteiger partial charge in [0.25, 0.3) is 0 Å². The standard InChI is InChI=1S/C19H24FNO3/c20-16-8-5-12(6-9-16)15-7-10-17(11-15)21-18(22)13-1-3-14(4-2-13)19(23)24/h5-6,8-9,13-15,17H,1-4,7,10-11H2,(H,21,22)(H,23,24). The van der Waals surface area contributed by atoms with E-state index in [1.807, 2.05) is 12.1 Å². The number of halogens is 1. The van der Waals surface area contributed by atoms with Crippen LogP contribution >= 0.6 is 0 Å². The minimum absolute atomic E-state index is 0.0505. The summed E-state index contributed by atoms with van der Waals surface area (Å²) in [5, 5.41) is 12.2. The Morgan fingerprint density at radius 3 is 2.21 bits per heavy atom. The quantitative estimate of drug-likeness (QED) is 0.886. The Bertz CT molecular complexity index is 593. The van der Waals surface area contributed by atoms with Crippen molar-refractivity contribution in [3.8, 4) is 0 Å². The first-order valence-electron chi connectivity index (χ1n) is 8.81. The smallest absolute Gasteiger partial charge is 0.306 e. The molecule has 0 spiro atoms. The van der Waals surface area contributed by atoms with Crippen molar-refractivity contribution in [2.75, 3.05) is 0 Å². The molecule has 1 amide bonds. The maximum Gasteiger partial charge on any atom is 0.306 e. The highest BCUT2D eigenvalue weighted by Crippen LogP contribution is 2.35. The molecule has 2 unspecified atom stereocenters. The van der Waals surface area contributed by atoms with Crippen molar-refractivity contribution in [2.24, 2.45) is 11.8 Å². The molecule has 0 aromatic heterocycles. The zero-order valence-electron chi connectivity index (χ0n) is 13.7. The molecule has 0 bridgehead atoms. The third-order valence-corrected chi connectivity index (χ3v) is 5.57. The van der Waals surface area contributed by atoms with Gasteiger partial charge in [0, 0.05) is 12.0 Å². The van der Waals surface area contributed by atoms with Crippen LogP contribution in [0, 0.1) is 17.7 Å². The van der Waals surface area contributed by atoms with E-state index in [4.69, 9.17) is 5.11 Å². The predicted octanol–water partition coefficient (Wildman–Crippen LogP) is 3.47. The van der Waals surface area contributed by atoms with E-state index in [9.17, 15) is 14.0 Å². The van der Waals surface area contributed by atoms with Crippen molar-refractivity contribution >= 4 is 11.9 Å². The van der Waals surface area contributed by atoms with Crippen LogP contribution in [0.4, 0.5) is 4.39 Å². The molecule has 0 aliphatic heterocycles. The number of nitrogens with one attached hydrogen (secondary N) is 1. The largest absolute Gasteiger partial charge is 0.481 e. The predicted molar refractivity (Wildman–Crippen MR) is 88.0 cm³/mol. The van der Waals surface area contributed by atoms with Gasteiger partial charge in [-0.2, -0.15) is 0 Å². The summed E-state index contributed by atoms with van der Waals surface area (Å²) in [6.07, 6.45) is 5.35. The van der Waals surface area contributed by atoms with Gasteiger partial charge in [-0.25, -0.2) is 4.39 Å². The molecule has 4 nitrogen and oxygen atoms in total. The molecule has 2 fully saturated rings.